The number of benzene rings is 1. The smallest absolute Gasteiger partial charge is 0.160 e. The molecule has 0 aliphatic carbocycles. The molecule has 0 atom stereocenters. The Kier molecular flexibility index (Phi) is 11.0. The first-order chi connectivity index (χ1) is 9.19. The molecule has 2 N–H and O–H groups in total. The second-order valence-electron chi connectivity index (χ2n) is 4.08. The summed E-state index contributed by atoms with van der Waals surface area (Å²) in [5.41, 5.74) is 1.02. The largest absolute Gasteiger partial charge is 0.504 e. The zero-order chi connectivity index (χ0) is 14.5. The monoisotopic (exact) mass is 270 g/mol. The van der Waals surface area contributed by atoms with Crippen LogP contribution in [0.1, 0.15) is 38.7 Å². The Bertz CT molecular complexity index is 326. The van der Waals surface area contributed by atoms with Crippen LogP contribution in [0.3, 0.4) is 0 Å². The number of aliphatic hydroxyl groups excluding tert-OH is 1. The van der Waals surface area contributed by atoms with Crippen molar-refractivity contribution in [3.63, 3.8) is 0 Å². The van der Waals surface area contributed by atoms with E-state index in [9.17, 15) is 5.11 Å². The number of aliphatic hydroxyl groups is 1. The molecule has 0 bridgehead atoms. The molecule has 1 aromatic carbocycles. The zero-order valence-corrected chi connectivity index (χ0v) is 12.2. The number of unbranched alkanes of at least 4 members (excludes halogenated alkanes) is 2. The maximum atomic E-state index is 9.41. The predicted molar refractivity (Wildman–Crippen MR) is 76.6 cm³/mol. The van der Waals surface area contributed by atoms with Crippen LogP contribution in [0.15, 0.2) is 18.2 Å². The molecule has 0 saturated carbocycles. The molecule has 0 fully saturated rings. The van der Waals surface area contributed by atoms with Crippen LogP contribution < -0.4 is 4.74 Å². The highest BCUT2D eigenvalue weighted by Crippen LogP contribution is 2.26. The van der Waals surface area contributed by atoms with Gasteiger partial charge in [-0.3, -0.25) is 0 Å². The molecule has 0 aliphatic heterocycles. The quantitative estimate of drug-likeness (QED) is 0.747. The summed E-state index contributed by atoms with van der Waals surface area (Å²) in [6.45, 7) is 5.46. The average Bonchev–Trinajstić information content (AvgIpc) is 2.41. The number of ether oxygens (including phenoxy) is 2. The van der Waals surface area contributed by atoms with Crippen LogP contribution in [0, 0.1) is 0 Å². The van der Waals surface area contributed by atoms with E-state index in [4.69, 9.17) is 14.6 Å². The van der Waals surface area contributed by atoms with Crippen molar-refractivity contribution in [2.24, 2.45) is 0 Å². The maximum Gasteiger partial charge on any atom is 0.160 e. The van der Waals surface area contributed by atoms with Crippen LogP contribution in [0.4, 0.5) is 0 Å². The standard InChI is InChI=1S/C13H20O3.C2H6O/c1-3-4-5-8-16-10-11-6-7-12(14)13(9-11)15-2;1-2-3/h6-7,9,14H,3-5,8,10H2,1-2H3;3H,2H2,1H3. The van der Waals surface area contributed by atoms with Crippen molar-refractivity contribution >= 4 is 0 Å². The van der Waals surface area contributed by atoms with Crippen molar-refractivity contribution in [2.75, 3.05) is 20.3 Å². The molecule has 0 amide bonds. The van der Waals surface area contributed by atoms with E-state index < -0.39 is 0 Å². The van der Waals surface area contributed by atoms with E-state index >= 15 is 0 Å². The van der Waals surface area contributed by atoms with Crippen molar-refractivity contribution < 1.29 is 19.7 Å². The summed E-state index contributed by atoms with van der Waals surface area (Å²) in [7, 11) is 1.54. The minimum absolute atomic E-state index is 0.164. The highest BCUT2D eigenvalue weighted by Gasteiger charge is 2.02. The van der Waals surface area contributed by atoms with Crippen LogP contribution >= 0.6 is 0 Å². The van der Waals surface area contributed by atoms with Gasteiger partial charge >= 0.3 is 0 Å². The van der Waals surface area contributed by atoms with Gasteiger partial charge in [0.2, 0.25) is 0 Å². The van der Waals surface area contributed by atoms with Crippen LogP contribution in [0.5, 0.6) is 11.5 Å². The van der Waals surface area contributed by atoms with Gasteiger partial charge < -0.3 is 19.7 Å². The van der Waals surface area contributed by atoms with Crippen molar-refractivity contribution in [3.8, 4) is 11.5 Å². The fourth-order valence-corrected chi connectivity index (χ4v) is 1.46. The number of methoxy groups -OCH3 is 1. The molecule has 0 radical (unpaired) electrons. The Labute approximate surface area is 116 Å². The Balaban J connectivity index is 0.000000982. The molecule has 0 saturated heterocycles. The highest BCUT2D eigenvalue weighted by molar-refractivity contribution is 5.41. The third-order valence-corrected chi connectivity index (χ3v) is 2.41. The van der Waals surface area contributed by atoms with E-state index in [0.29, 0.717) is 12.4 Å². The number of phenolic OH excluding ortho intramolecular Hbond substituents is 1. The summed E-state index contributed by atoms with van der Waals surface area (Å²) in [6, 6.07) is 5.27. The number of aromatic hydroxyl groups is 1. The predicted octanol–water partition coefficient (Wildman–Crippen LogP) is 3.11. The van der Waals surface area contributed by atoms with Gasteiger partial charge in [-0.1, -0.05) is 25.8 Å². The topological polar surface area (TPSA) is 58.9 Å². The van der Waals surface area contributed by atoms with Gasteiger partial charge in [0.15, 0.2) is 11.5 Å². The van der Waals surface area contributed by atoms with Gasteiger partial charge in [-0.05, 0) is 31.0 Å². The van der Waals surface area contributed by atoms with E-state index in [2.05, 4.69) is 6.92 Å². The fourth-order valence-electron chi connectivity index (χ4n) is 1.46. The molecular formula is C15H26O4. The third kappa shape index (κ3) is 8.46. The number of phenols is 1. The second kappa shape index (κ2) is 11.8. The van der Waals surface area contributed by atoms with E-state index in [1.54, 1.807) is 26.2 Å². The molecule has 4 nitrogen and oxygen atoms in total. The zero-order valence-electron chi connectivity index (χ0n) is 12.2. The minimum atomic E-state index is 0.164. The lowest BCUT2D eigenvalue weighted by Crippen LogP contribution is -1.96. The summed E-state index contributed by atoms with van der Waals surface area (Å²) in [5, 5.41) is 17.0. The van der Waals surface area contributed by atoms with Gasteiger partial charge in [0.05, 0.1) is 13.7 Å². The second-order valence-corrected chi connectivity index (χ2v) is 4.08. The number of hydrogen-bond acceptors (Lipinski definition) is 4. The SMILES string of the molecule is CCCCCOCc1ccc(O)c(OC)c1.CCO. The van der Waals surface area contributed by atoms with E-state index in [1.807, 2.05) is 6.07 Å². The lowest BCUT2D eigenvalue weighted by atomic mass is 10.2. The molecule has 0 aliphatic rings. The van der Waals surface area contributed by atoms with Gasteiger partial charge in [0.1, 0.15) is 0 Å². The summed E-state index contributed by atoms with van der Waals surface area (Å²) < 4.78 is 10.5. The normalized spacial score (nSPS) is 9.68. The Morgan fingerprint density at radius 3 is 2.42 bits per heavy atom. The Morgan fingerprint density at radius 1 is 1.16 bits per heavy atom. The van der Waals surface area contributed by atoms with Gasteiger partial charge in [0.25, 0.3) is 0 Å². The van der Waals surface area contributed by atoms with E-state index in [0.717, 1.165) is 18.6 Å². The van der Waals surface area contributed by atoms with Crippen LogP contribution in [-0.2, 0) is 11.3 Å². The molecule has 0 heterocycles. The maximum absolute atomic E-state index is 9.41. The first-order valence-electron chi connectivity index (χ1n) is 6.74. The van der Waals surface area contributed by atoms with Crippen LogP contribution in [-0.4, -0.2) is 30.5 Å². The van der Waals surface area contributed by atoms with Crippen LogP contribution in [0.25, 0.3) is 0 Å². The summed E-state index contributed by atoms with van der Waals surface area (Å²) in [5.74, 6) is 0.659. The van der Waals surface area contributed by atoms with E-state index in [-0.39, 0.29) is 12.4 Å². The van der Waals surface area contributed by atoms with Crippen molar-refractivity contribution in [1.82, 2.24) is 0 Å². The lowest BCUT2D eigenvalue weighted by Gasteiger charge is -2.07. The number of hydrogen-bond donors (Lipinski definition) is 2. The Morgan fingerprint density at radius 2 is 1.84 bits per heavy atom. The molecule has 1 rings (SSSR count). The Hall–Kier alpha value is -1.26. The fraction of sp³-hybridized carbons (Fsp3) is 0.600. The van der Waals surface area contributed by atoms with Gasteiger partial charge in [-0.2, -0.15) is 0 Å². The first-order valence-corrected chi connectivity index (χ1v) is 6.74. The summed E-state index contributed by atoms with van der Waals surface area (Å²) in [4.78, 5) is 0. The van der Waals surface area contributed by atoms with Gasteiger partial charge in [-0.25, -0.2) is 0 Å². The molecule has 4 heteroatoms. The molecule has 19 heavy (non-hydrogen) atoms. The molecule has 0 spiro atoms. The number of rotatable bonds is 7. The van der Waals surface area contributed by atoms with Crippen molar-refractivity contribution in [1.29, 1.82) is 0 Å². The van der Waals surface area contributed by atoms with Crippen molar-refractivity contribution in [2.45, 2.75) is 39.7 Å². The van der Waals surface area contributed by atoms with Gasteiger partial charge in [-0.15, -0.1) is 0 Å². The molecule has 0 unspecified atom stereocenters. The molecule has 110 valence electrons. The average molecular weight is 270 g/mol. The molecule has 0 aromatic heterocycles. The highest BCUT2D eigenvalue weighted by atomic mass is 16.5. The van der Waals surface area contributed by atoms with E-state index in [1.165, 1.54) is 12.8 Å². The third-order valence-electron chi connectivity index (χ3n) is 2.41. The summed E-state index contributed by atoms with van der Waals surface area (Å²) >= 11 is 0. The first kappa shape index (κ1) is 17.7. The molecular weight excluding hydrogens is 244 g/mol. The lowest BCUT2D eigenvalue weighted by molar-refractivity contribution is 0.117. The summed E-state index contributed by atoms with van der Waals surface area (Å²) in [6.07, 6.45) is 3.51. The van der Waals surface area contributed by atoms with Crippen molar-refractivity contribution in [3.05, 3.63) is 23.8 Å². The van der Waals surface area contributed by atoms with Crippen LogP contribution in [0.2, 0.25) is 0 Å². The molecule has 1 aromatic rings. The minimum Gasteiger partial charge on any atom is -0.504 e. The van der Waals surface area contributed by atoms with Gasteiger partial charge in [0, 0.05) is 13.2 Å².